The van der Waals surface area contributed by atoms with E-state index in [1.165, 1.54) is 55.4 Å². The highest BCUT2D eigenvalue weighted by atomic mass is 16.5. The number of hydrogen-bond acceptors (Lipinski definition) is 3. The SMILES string of the molecule is CCCCc1c(-c2c(C)cc(C)cc2C)c(C)nn1-c1cc(Oc2ccc3c4ccccc4n(-c4cc(C(C)(C)C)ccn4)c3c2)cc(C(C)(C)C)c1. The highest BCUT2D eigenvalue weighted by Gasteiger charge is 2.24. The molecule has 7 rings (SSSR count). The van der Waals surface area contributed by atoms with Crippen LogP contribution in [0.4, 0.5) is 0 Å². The van der Waals surface area contributed by atoms with Crippen LogP contribution in [0.3, 0.4) is 0 Å². The molecule has 0 radical (unpaired) electrons. The molecule has 0 atom stereocenters. The van der Waals surface area contributed by atoms with Crippen LogP contribution in [-0.4, -0.2) is 19.3 Å². The van der Waals surface area contributed by atoms with Gasteiger partial charge in [-0.25, -0.2) is 9.67 Å². The van der Waals surface area contributed by atoms with Gasteiger partial charge in [0.05, 0.1) is 28.1 Å². The van der Waals surface area contributed by atoms with Crippen molar-refractivity contribution in [3.05, 3.63) is 130 Å². The summed E-state index contributed by atoms with van der Waals surface area (Å²) >= 11 is 0. The van der Waals surface area contributed by atoms with Crippen molar-refractivity contribution in [2.24, 2.45) is 0 Å². The van der Waals surface area contributed by atoms with E-state index in [1.54, 1.807) is 0 Å². The molecule has 7 aromatic rings. The Bertz CT molecular complexity index is 2460. The molecule has 272 valence electrons. The molecule has 0 bridgehead atoms. The van der Waals surface area contributed by atoms with Gasteiger partial charge in [0, 0.05) is 34.7 Å². The van der Waals surface area contributed by atoms with Crippen molar-refractivity contribution in [3.63, 3.8) is 0 Å². The lowest BCUT2D eigenvalue weighted by molar-refractivity contribution is 0.478. The van der Waals surface area contributed by atoms with E-state index in [2.05, 4.69) is 170 Å². The van der Waals surface area contributed by atoms with E-state index >= 15 is 0 Å². The van der Waals surface area contributed by atoms with Crippen LogP contribution in [0.2, 0.25) is 0 Å². The van der Waals surface area contributed by atoms with Gasteiger partial charge in [0.1, 0.15) is 17.3 Å². The Morgan fingerprint density at radius 3 is 2.06 bits per heavy atom. The van der Waals surface area contributed by atoms with Gasteiger partial charge in [-0.1, -0.05) is 90.8 Å². The number of benzene rings is 4. The zero-order valence-corrected chi connectivity index (χ0v) is 33.5. The maximum absolute atomic E-state index is 6.87. The Morgan fingerprint density at radius 1 is 0.660 bits per heavy atom. The molecule has 0 fully saturated rings. The first-order valence-electron chi connectivity index (χ1n) is 19.1. The lowest BCUT2D eigenvalue weighted by atomic mass is 9.86. The average molecular weight is 703 g/mol. The molecule has 4 aromatic carbocycles. The van der Waals surface area contributed by atoms with Crippen molar-refractivity contribution in [1.29, 1.82) is 0 Å². The summed E-state index contributed by atoms with van der Waals surface area (Å²) in [7, 11) is 0. The molecule has 5 nitrogen and oxygen atoms in total. The molecule has 3 aromatic heterocycles. The van der Waals surface area contributed by atoms with Crippen LogP contribution in [0.15, 0.2) is 91.1 Å². The molecule has 0 aliphatic carbocycles. The zero-order valence-electron chi connectivity index (χ0n) is 33.5. The third-order valence-corrected chi connectivity index (χ3v) is 10.6. The summed E-state index contributed by atoms with van der Waals surface area (Å²) < 4.78 is 11.3. The first kappa shape index (κ1) is 36.2. The fourth-order valence-corrected chi connectivity index (χ4v) is 7.86. The summed E-state index contributed by atoms with van der Waals surface area (Å²) in [5, 5.41) is 7.63. The van der Waals surface area contributed by atoms with E-state index in [0.29, 0.717) is 0 Å². The van der Waals surface area contributed by atoms with Crippen LogP contribution in [-0.2, 0) is 17.3 Å². The number of ether oxygens (including phenoxy) is 1. The molecule has 0 N–H and O–H groups in total. The molecule has 0 saturated heterocycles. The minimum atomic E-state index is -0.104. The molecule has 53 heavy (non-hydrogen) atoms. The third kappa shape index (κ3) is 6.90. The monoisotopic (exact) mass is 702 g/mol. The summed E-state index contributed by atoms with van der Waals surface area (Å²) in [5.74, 6) is 2.47. The highest BCUT2D eigenvalue weighted by Crippen LogP contribution is 2.40. The van der Waals surface area contributed by atoms with Gasteiger partial charge in [-0.2, -0.15) is 5.10 Å². The highest BCUT2D eigenvalue weighted by molar-refractivity contribution is 6.09. The van der Waals surface area contributed by atoms with Gasteiger partial charge in [0.2, 0.25) is 0 Å². The Hall–Kier alpha value is -5.16. The molecule has 5 heteroatoms. The minimum Gasteiger partial charge on any atom is -0.457 e. The van der Waals surface area contributed by atoms with E-state index < -0.39 is 0 Å². The topological polar surface area (TPSA) is 44.9 Å². The summed E-state index contributed by atoms with van der Waals surface area (Å²) in [6, 6.07) is 30.6. The number of aromatic nitrogens is 4. The number of para-hydroxylation sites is 1. The Labute approximate surface area is 315 Å². The quantitative estimate of drug-likeness (QED) is 0.158. The van der Waals surface area contributed by atoms with Crippen LogP contribution in [0, 0.1) is 27.7 Å². The van der Waals surface area contributed by atoms with Crippen molar-refractivity contribution in [2.75, 3.05) is 0 Å². The predicted molar refractivity (Wildman–Crippen MR) is 223 cm³/mol. The molecular formula is C48H54N4O. The number of rotatable bonds is 8. The Balaban J connectivity index is 1.38. The predicted octanol–water partition coefficient (Wildman–Crippen LogP) is 13.0. The Morgan fingerprint density at radius 2 is 1.36 bits per heavy atom. The van der Waals surface area contributed by atoms with E-state index in [9.17, 15) is 0 Å². The van der Waals surface area contributed by atoms with E-state index in [0.717, 1.165) is 59.0 Å². The van der Waals surface area contributed by atoms with Gasteiger partial charge in [0.25, 0.3) is 0 Å². The van der Waals surface area contributed by atoms with Crippen LogP contribution in [0.1, 0.15) is 101 Å². The molecule has 0 aliphatic heterocycles. The third-order valence-electron chi connectivity index (χ3n) is 10.6. The molecule has 0 saturated carbocycles. The summed E-state index contributed by atoms with van der Waals surface area (Å²) in [6.45, 7) is 24.6. The van der Waals surface area contributed by atoms with Crippen molar-refractivity contribution < 1.29 is 4.74 Å². The van der Waals surface area contributed by atoms with Gasteiger partial charge in [-0.15, -0.1) is 0 Å². The Kier molecular flexibility index (Phi) is 9.34. The maximum Gasteiger partial charge on any atom is 0.137 e. The van der Waals surface area contributed by atoms with Gasteiger partial charge < -0.3 is 4.74 Å². The molecular weight excluding hydrogens is 649 g/mol. The number of nitrogens with zero attached hydrogens (tertiary/aromatic N) is 4. The zero-order chi connectivity index (χ0) is 37.8. The van der Waals surface area contributed by atoms with Crippen molar-refractivity contribution >= 4 is 21.8 Å². The second-order valence-electron chi connectivity index (χ2n) is 16.9. The first-order valence-corrected chi connectivity index (χ1v) is 19.1. The number of hydrogen-bond donors (Lipinski definition) is 0. The fraction of sp³-hybridized carbons (Fsp3) is 0.333. The number of pyridine rings is 1. The van der Waals surface area contributed by atoms with Gasteiger partial charge in [-0.05, 0) is 122 Å². The van der Waals surface area contributed by atoms with Crippen molar-refractivity contribution in [2.45, 2.75) is 106 Å². The summed E-state index contributed by atoms with van der Waals surface area (Å²) in [5.41, 5.74) is 14.3. The largest absolute Gasteiger partial charge is 0.457 e. The molecule has 3 heterocycles. The summed E-state index contributed by atoms with van der Waals surface area (Å²) in [4.78, 5) is 4.88. The number of unbranched alkanes of at least 4 members (excludes halogenated alkanes) is 1. The van der Waals surface area contributed by atoms with Gasteiger partial charge >= 0.3 is 0 Å². The van der Waals surface area contributed by atoms with Crippen LogP contribution in [0.25, 0.3) is 44.4 Å². The van der Waals surface area contributed by atoms with Crippen LogP contribution in [0.5, 0.6) is 11.5 Å². The van der Waals surface area contributed by atoms with Crippen LogP contribution >= 0.6 is 0 Å². The van der Waals surface area contributed by atoms with E-state index in [1.807, 2.05) is 6.20 Å². The molecule has 0 aliphatic rings. The fourth-order valence-electron chi connectivity index (χ4n) is 7.86. The van der Waals surface area contributed by atoms with Crippen LogP contribution < -0.4 is 4.74 Å². The minimum absolute atomic E-state index is 0.00256. The average Bonchev–Trinajstić information content (AvgIpc) is 3.60. The van der Waals surface area contributed by atoms with Crippen molar-refractivity contribution in [1.82, 2.24) is 19.3 Å². The van der Waals surface area contributed by atoms with Crippen molar-refractivity contribution in [3.8, 4) is 34.1 Å². The lowest BCUT2D eigenvalue weighted by Gasteiger charge is -2.22. The number of fused-ring (bicyclic) bond motifs is 3. The van der Waals surface area contributed by atoms with Gasteiger partial charge in [0.15, 0.2) is 0 Å². The first-order chi connectivity index (χ1) is 25.1. The second kappa shape index (κ2) is 13.7. The van der Waals surface area contributed by atoms with E-state index in [-0.39, 0.29) is 10.8 Å². The lowest BCUT2D eigenvalue weighted by Crippen LogP contribution is -2.13. The summed E-state index contributed by atoms with van der Waals surface area (Å²) in [6.07, 6.45) is 5.07. The number of aryl methyl sites for hydroxylation is 4. The standard InChI is InChI=1S/C48H54N4O/c1-12-13-17-42-46(45-31(3)23-30(2)24-32(45)4)33(5)50-52(42)36-25-35(48(9,10)11)26-38(28-36)53-37-19-20-40-39-16-14-15-18-41(39)51(43(40)29-37)44-27-34(21-22-49-44)47(6,7)8/h14-16,18-29H,12-13,17H2,1-11H3. The molecule has 0 spiro atoms. The smallest absolute Gasteiger partial charge is 0.137 e. The van der Waals surface area contributed by atoms with Gasteiger partial charge in [-0.3, -0.25) is 4.57 Å². The van der Waals surface area contributed by atoms with E-state index in [4.69, 9.17) is 14.8 Å². The second-order valence-corrected chi connectivity index (χ2v) is 16.9. The molecule has 0 amide bonds. The molecule has 0 unspecified atom stereocenters. The maximum atomic E-state index is 6.87. The normalized spacial score (nSPS) is 12.3.